The van der Waals surface area contributed by atoms with Gasteiger partial charge in [-0.3, -0.25) is 4.79 Å². The van der Waals surface area contributed by atoms with E-state index in [9.17, 15) is 4.79 Å². The summed E-state index contributed by atoms with van der Waals surface area (Å²) in [5, 5.41) is 0. The third-order valence-corrected chi connectivity index (χ3v) is 4.55. The Kier molecular flexibility index (Phi) is 2.21. The summed E-state index contributed by atoms with van der Waals surface area (Å²) in [6.07, 6.45) is 7.03. The van der Waals surface area contributed by atoms with Crippen LogP contribution in [0.2, 0.25) is 0 Å². The van der Waals surface area contributed by atoms with Crippen molar-refractivity contribution in [1.82, 2.24) is 0 Å². The zero-order valence-electron chi connectivity index (χ0n) is 8.81. The zero-order valence-corrected chi connectivity index (χ0v) is 8.81. The fourth-order valence-corrected chi connectivity index (χ4v) is 3.71. The molecule has 0 heterocycles. The summed E-state index contributed by atoms with van der Waals surface area (Å²) in [4.78, 5) is 11.7. The molecule has 1 heteroatoms. The van der Waals surface area contributed by atoms with Crippen molar-refractivity contribution in [2.24, 2.45) is 17.3 Å². The van der Waals surface area contributed by atoms with Crippen LogP contribution in [0.1, 0.15) is 52.4 Å². The van der Waals surface area contributed by atoms with Crippen molar-refractivity contribution in [3.63, 3.8) is 0 Å². The largest absolute Gasteiger partial charge is 0.299 e. The fraction of sp³-hybridized carbons (Fsp3) is 0.917. The van der Waals surface area contributed by atoms with Gasteiger partial charge >= 0.3 is 0 Å². The number of hydrogen-bond acceptors (Lipinski definition) is 1. The van der Waals surface area contributed by atoms with Crippen molar-refractivity contribution in [2.75, 3.05) is 0 Å². The second kappa shape index (κ2) is 3.11. The first kappa shape index (κ1) is 9.23. The first-order chi connectivity index (χ1) is 6.18. The predicted octanol–water partition coefficient (Wildman–Crippen LogP) is 3.18. The molecule has 3 atom stereocenters. The first-order valence-corrected chi connectivity index (χ1v) is 5.71. The number of carbonyl (C=O) groups excluding carboxylic acids is 1. The average molecular weight is 180 g/mol. The molecular formula is C12H20O. The Morgan fingerprint density at radius 3 is 2.92 bits per heavy atom. The molecule has 2 fully saturated rings. The van der Waals surface area contributed by atoms with Gasteiger partial charge in [0.25, 0.3) is 0 Å². The molecule has 74 valence electrons. The molecule has 0 aromatic heterocycles. The molecular weight excluding hydrogens is 160 g/mol. The number of Topliss-reactive ketones (excluding diaryl/α,β-unsaturated/α-hetero) is 1. The highest BCUT2D eigenvalue weighted by atomic mass is 16.1. The Hall–Kier alpha value is -0.330. The molecule has 2 aliphatic rings. The second-order valence-electron chi connectivity index (χ2n) is 5.06. The van der Waals surface area contributed by atoms with E-state index in [1.54, 1.807) is 0 Å². The summed E-state index contributed by atoms with van der Waals surface area (Å²) >= 11 is 0. The predicted molar refractivity (Wildman–Crippen MR) is 53.5 cm³/mol. The highest BCUT2D eigenvalue weighted by Gasteiger charge is 2.49. The van der Waals surface area contributed by atoms with E-state index in [2.05, 4.69) is 13.8 Å². The van der Waals surface area contributed by atoms with Gasteiger partial charge in [-0.25, -0.2) is 0 Å². The summed E-state index contributed by atoms with van der Waals surface area (Å²) in [6, 6.07) is 0. The highest BCUT2D eigenvalue weighted by Crippen LogP contribution is 2.55. The van der Waals surface area contributed by atoms with Crippen LogP contribution in [-0.2, 0) is 4.79 Å². The van der Waals surface area contributed by atoms with Crippen molar-refractivity contribution >= 4 is 5.78 Å². The normalized spacial score (nSPS) is 44.9. The van der Waals surface area contributed by atoms with Crippen molar-refractivity contribution in [3.8, 4) is 0 Å². The Labute approximate surface area is 80.9 Å². The maximum atomic E-state index is 11.7. The Bertz CT molecular complexity index is 221. The van der Waals surface area contributed by atoms with Crippen LogP contribution in [0, 0.1) is 17.3 Å². The minimum atomic E-state index is 0.379. The molecule has 2 saturated carbocycles. The molecule has 0 aliphatic heterocycles. The molecule has 2 aliphatic carbocycles. The van der Waals surface area contributed by atoms with Crippen molar-refractivity contribution in [3.05, 3.63) is 0 Å². The van der Waals surface area contributed by atoms with Gasteiger partial charge in [0.1, 0.15) is 5.78 Å². The quantitative estimate of drug-likeness (QED) is 0.605. The SMILES string of the molecule is CCC1CCC2C(=O)CCC[C@]12C. The molecule has 1 nitrogen and oxygen atoms in total. The minimum Gasteiger partial charge on any atom is -0.299 e. The topological polar surface area (TPSA) is 17.1 Å². The second-order valence-corrected chi connectivity index (χ2v) is 5.06. The van der Waals surface area contributed by atoms with Crippen molar-refractivity contribution < 1.29 is 4.79 Å². The van der Waals surface area contributed by atoms with Gasteiger partial charge in [-0.05, 0) is 37.0 Å². The van der Waals surface area contributed by atoms with E-state index in [1.807, 2.05) is 0 Å². The summed E-state index contributed by atoms with van der Waals surface area (Å²) in [7, 11) is 0. The summed E-state index contributed by atoms with van der Waals surface area (Å²) in [5.74, 6) is 1.80. The van der Waals surface area contributed by atoms with Crippen LogP contribution in [0.3, 0.4) is 0 Å². The van der Waals surface area contributed by atoms with Gasteiger partial charge in [0, 0.05) is 12.3 Å². The molecule has 0 radical (unpaired) electrons. The number of rotatable bonds is 1. The molecule has 0 N–H and O–H groups in total. The van der Waals surface area contributed by atoms with Gasteiger partial charge in [-0.1, -0.05) is 20.3 Å². The molecule has 0 aromatic carbocycles. The van der Waals surface area contributed by atoms with E-state index in [0.717, 1.165) is 18.8 Å². The number of ketones is 1. The number of carbonyl (C=O) groups is 1. The number of fused-ring (bicyclic) bond motifs is 1. The van der Waals surface area contributed by atoms with Gasteiger partial charge in [0.05, 0.1) is 0 Å². The van der Waals surface area contributed by atoms with Crippen LogP contribution in [0.4, 0.5) is 0 Å². The summed E-state index contributed by atoms with van der Waals surface area (Å²) < 4.78 is 0. The monoisotopic (exact) mass is 180 g/mol. The van der Waals surface area contributed by atoms with Gasteiger partial charge in [0.15, 0.2) is 0 Å². The smallest absolute Gasteiger partial charge is 0.136 e. The van der Waals surface area contributed by atoms with Crippen molar-refractivity contribution in [1.29, 1.82) is 0 Å². The highest BCUT2D eigenvalue weighted by molar-refractivity contribution is 5.83. The van der Waals surface area contributed by atoms with Crippen LogP contribution >= 0.6 is 0 Å². The molecule has 13 heavy (non-hydrogen) atoms. The van der Waals surface area contributed by atoms with Crippen LogP contribution in [0.15, 0.2) is 0 Å². The van der Waals surface area contributed by atoms with Crippen LogP contribution < -0.4 is 0 Å². The summed E-state index contributed by atoms with van der Waals surface area (Å²) in [6.45, 7) is 4.63. The maximum Gasteiger partial charge on any atom is 0.136 e. The summed E-state index contributed by atoms with van der Waals surface area (Å²) in [5.41, 5.74) is 0.379. The maximum absolute atomic E-state index is 11.7. The van der Waals surface area contributed by atoms with Crippen LogP contribution in [-0.4, -0.2) is 5.78 Å². The Balaban J connectivity index is 2.23. The van der Waals surface area contributed by atoms with Gasteiger partial charge < -0.3 is 0 Å². The fourth-order valence-electron chi connectivity index (χ4n) is 3.71. The lowest BCUT2D eigenvalue weighted by Gasteiger charge is -2.39. The van der Waals surface area contributed by atoms with Gasteiger partial charge in [-0.15, -0.1) is 0 Å². The lowest BCUT2D eigenvalue weighted by molar-refractivity contribution is -0.129. The third kappa shape index (κ3) is 1.24. The molecule has 0 saturated heterocycles. The van der Waals surface area contributed by atoms with E-state index in [1.165, 1.54) is 25.7 Å². The van der Waals surface area contributed by atoms with Gasteiger partial charge in [-0.2, -0.15) is 0 Å². The molecule has 2 rings (SSSR count). The number of hydrogen-bond donors (Lipinski definition) is 0. The first-order valence-electron chi connectivity index (χ1n) is 5.71. The van der Waals surface area contributed by atoms with E-state index in [0.29, 0.717) is 17.1 Å². The van der Waals surface area contributed by atoms with Gasteiger partial charge in [0.2, 0.25) is 0 Å². The Morgan fingerprint density at radius 2 is 2.23 bits per heavy atom. The standard InChI is InChI=1S/C12H20O/c1-3-9-6-7-10-11(13)5-4-8-12(9,10)2/h9-10H,3-8H2,1-2H3/t9?,10?,12-/m1/s1. The van der Waals surface area contributed by atoms with E-state index >= 15 is 0 Å². The van der Waals surface area contributed by atoms with E-state index in [-0.39, 0.29) is 0 Å². The molecule has 0 spiro atoms. The molecule has 0 amide bonds. The molecule has 0 aromatic rings. The Morgan fingerprint density at radius 1 is 1.46 bits per heavy atom. The van der Waals surface area contributed by atoms with Crippen LogP contribution in [0.25, 0.3) is 0 Å². The lowest BCUT2D eigenvalue weighted by Crippen LogP contribution is -2.37. The lowest BCUT2D eigenvalue weighted by atomic mass is 9.64. The third-order valence-electron chi connectivity index (χ3n) is 4.55. The van der Waals surface area contributed by atoms with E-state index < -0.39 is 0 Å². The van der Waals surface area contributed by atoms with Crippen molar-refractivity contribution in [2.45, 2.75) is 52.4 Å². The molecule has 0 bridgehead atoms. The van der Waals surface area contributed by atoms with Crippen LogP contribution in [0.5, 0.6) is 0 Å². The average Bonchev–Trinajstić information content (AvgIpc) is 2.43. The minimum absolute atomic E-state index is 0.379. The zero-order chi connectivity index (χ0) is 9.47. The van der Waals surface area contributed by atoms with E-state index in [4.69, 9.17) is 0 Å². The molecule has 2 unspecified atom stereocenters.